The quantitative estimate of drug-likeness (QED) is 0.245. The normalized spacial score (nSPS) is 14.7. The van der Waals surface area contributed by atoms with Gasteiger partial charge in [0.25, 0.3) is 5.91 Å². The molecule has 180 valence electrons. The zero-order chi connectivity index (χ0) is 22.6. The van der Waals surface area contributed by atoms with Crippen LogP contribution in [0, 0.1) is 5.92 Å². The minimum Gasteiger partial charge on any atom is -0.359 e. The van der Waals surface area contributed by atoms with Crippen LogP contribution in [0.4, 0.5) is 0 Å². The van der Waals surface area contributed by atoms with Crippen LogP contribution in [0.1, 0.15) is 42.1 Å². The van der Waals surface area contributed by atoms with Crippen molar-refractivity contribution in [1.29, 1.82) is 0 Å². The summed E-state index contributed by atoms with van der Waals surface area (Å²) in [5, 5.41) is 9.04. The zero-order valence-electron chi connectivity index (χ0n) is 19.8. The number of likely N-dealkylation sites (N-methyl/N-ethyl adjacent to an activating group) is 1. The van der Waals surface area contributed by atoms with Gasteiger partial charge in [-0.15, -0.1) is 24.0 Å². The molecule has 0 spiro atoms. The number of hydrogen-bond acceptors (Lipinski definition) is 4. The number of aliphatic imine (C=N–C) groups is 1. The molecule has 0 atom stereocenters. The first-order valence-electron chi connectivity index (χ1n) is 11.2. The van der Waals surface area contributed by atoms with Gasteiger partial charge < -0.3 is 25.8 Å². The van der Waals surface area contributed by atoms with E-state index in [9.17, 15) is 9.59 Å². The number of carbonyl (C=O) groups excluding carboxylic acids is 2. The van der Waals surface area contributed by atoms with Crippen LogP contribution in [0.2, 0.25) is 0 Å². The molecule has 1 aliphatic rings. The molecule has 32 heavy (non-hydrogen) atoms. The SMILES string of the molecule is CCNC(=NCc1cccc(C(=O)NCCN(C)C)c1)N1CCC(CC(=O)NC)CC1.I. The molecule has 0 unspecified atom stereocenters. The van der Waals surface area contributed by atoms with Crippen LogP contribution in [0.5, 0.6) is 0 Å². The maximum absolute atomic E-state index is 12.4. The zero-order valence-corrected chi connectivity index (χ0v) is 22.1. The van der Waals surface area contributed by atoms with E-state index < -0.39 is 0 Å². The number of rotatable bonds is 9. The van der Waals surface area contributed by atoms with E-state index >= 15 is 0 Å². The number of guanidine groups is 1. The van der Waals surface area contributed by atoms with Crippen molar-refractivity contribution in [1.82, 2.24) is 25.8 Å². The molecule has 0 bridgehead atoms. The second-order valence-corrected chi connectivity index (χ2v) is 8.24. The van der Waals surface area contributed by atoms with Crippen molar-refractivity contribution in [2.24, 2.45) is 10.9 Å². The fourth-order valence-electron chi connectivity index (χ4n) is 3.61. The molecule has 0 aromatic heterocycles. The Hall–Kier alpha value is -1.88. The lowest BCUT2D eigenvalue weighted by atomic mass is 9.93. The Balaban J connectivity index is 0.00000512. The van der Waals surface area contributed by atoms with Crippen molar-refractivity contribution in [2.75, 3.05) is 53.9 Å². The average molecular weight is 559 g/mol. The summed E-state index contributed by atoms with van der Waals surface area (Å²) < 4.78 is 0. The molecule has 0 saturated carbocycles. The van der Waals surface area contributed by atoms with Crippen molar-refractivity contribution >= 4 is 41.8 Å². The molecular formula is C23H39IN6O2. The predicted molar refractivity (Wildman–Crippen MR) is 141 cm³/mol. The molecule has 0 radical (unpaired) electrons. The second-order valence-electron chi connectivity index (χ2n) is 8.24. The lowest BCUT2D eigenvalue weighted by Crippen LogP contribution is -2.46. The third kappa shape index (κ3) is 9.72. The van der Waals surface area contributed by atoms with Crippen LogP contribution >= 0.6 is 24.0 Å². The maximum atomic E-state index is 12.4. The van der Waals surface area contributed by atoms with E-state index in [-0.39, 0.29) is 35.8 Å². The molecule has 9 heteroatoms. The maximum Gasteiger partial charge on any atom is 0.251 e. The van der Waals surface area contributed by atoms with Gasteiger partial charge in [-0.1, -0.05) is 12.1 Å². The molecule has 1 heterocycles. The van der Waals surface area contributed by atoms with Gasteiger partial charge in [0.2, 0.25) is 5.91 Å². The highest BCUT2D eigenvalue weighted by Crippen LogP contribution is 2.20. The molecule has 2 amide bonds. The Bertz CT molecular complexity index is 748. The lowest BCUT2D eigenvalue weighted by molar-refractivity contribution is -0.121. The number of nitrogens with zero attached hydrogens (tertiary/aromatic N) is 3. The highest BCUT2D eigenvalue weighted by Gasteiger charge is 2.23. The first kappa shape index (κ1) is 28.2. The third-order valence-corrected chi connectivity index (χ3v) is 5.45. The van der Waals surface area contributed by atoms with Crippen molar-refractivity contribution in [3.8, 4) is 0 Å². The highest BCUT2D eigenvalue weighted by atomic mass is 127. The van der Waals surface area contributed by atoms with Gasteiger partial charge in [-0.25, -0.2) is 4.99 Å². The minimum absolute atomic E-state index is 0. The van der Waals surface area contributed by atoms with Crippen molar-refractivity contribution in [2.45, 2.75) is 32.7 Å². The fraction of sp³-hybridized carbons (Fsp3) is 0.609. The molecular weight excluding hydrogens is 519 g/mol. The van der Waals surface area contributed by atoms with E-state index in [1.807, 2.05) is 43.3 Å². The third-order valence-electron chi connectivity index (χ3n) is 5.45. The summed E-state index contributed by atoms with van der Waals surface area (Å²) in [5.41, 5.74) is 1.66. The van der Waals surface area contributed by atoms with E-state index in [4.69, 9.17) is 4.99 Å². The smallest absolute Gasteiger partial charge is 0.251 e. The molecule has 1 saturated heterocycles. The molecule has 1 fully saturated rings. The Morgan fingerprint density at radius 2 is 1.91 bits per heavy atom. The molecule has 8 nitrogen and oxygen atoms in total. The minimum atomic E-state index is -0.0576. The van der Waals surface area contributed by atoms with E-state index in [1.54, 1.807) is 7.05 Å². The molecule has 1 aromatic rings. The first-order chi connectivity index (χ1) is 14.9. The number of benzene rings is 1. The number of amides is 2. The Labute approximate surface area is 209 Å². The van der Waals surface area contributed by atoms with Gasteiger partial charge >= 0.3 is 0 Å². The van der Waals surface area contributed by atoms with Crippen molar-refractivity contribution in [3.63, 3.8) is 0 Å². The van der Waals surface area contributed by atoms with Crippen molar-refractivity contribution < 1.29 is 9.59 Å². The van der Waals surface area contributed by atoms with Gasteiger partial charge in [0.15, 0.2) is 5.96 Å². The Kier molecular flexibility index (Phi) is 13.2. The molecule has 3 N–H and O–H groups in total. The van der Waals surface area contributed by atoms with E-state index in [2.05, 4.69) is 27.8 Å². The van der Waals surface area contributed by atoms with Gasteiger partial charge in [0.1, 0.15) is 0 Å². The van der Waals surface area contributed by atoms with E-state index in [0.29, 0.717) is 31.0 Å². The summed E-state index contributed by atoms with van der Waals surface area (Å²) >= 11 is 0. The number of piperidine rings is 1. The predicted octanol–water partition coefficient (Wildman–Crippen LogP) is 1.91. The highest BCUT2D eigenvalue weighted by molar-refractivity contribution is 14.0. The summed E-state index contributed by atoms with van der Waals surface area (Å²) in [4.78, 5) is 33.1. The molecule has 1 aromatic carbocycles. The van der Waals surface area contributed by atoms with Gasteiger partial charge in [0.05, 0.1) is 6.54 Å². The standard InChI is InChI=1S/C23H38N6O2.HI/c1-5-25-23(29-12-9-18(10-13-29)16-21(30)24-2)27-17-19-7-6-8-20(15-19)22(31)26-11-14-28(3)4;/h6-8,15,18H,5,9-14,16-17H2,1-4H3,(H,24,30)(H,25,27)(H,26,31);1H. The Morgan fingerprint density at radius 3 is 2.53 bits per heavy atom. The first-order valence-corrected chi connectivity index (χ1v) is 11.2. The fourth-order valence-corrected chi connectivity index (χ4v) is 3.61. The van der Waals surface area contributed by atoms with Gasteiger partial charge in [-0.3, -0.25) is 9.59 Å². The van der Waals surface area contributed by atoms with Gasteiger partial charge in [-0.2, -0.15) is 0 Å². The topological polar surface area (TPSA) is 89.1 Å². The van der Waals surface area contributed by atoms with Crippen LogP contribution in [0.15, 0.2) is 29.3 Å². The summed E-state index contributed by atoms with van der Waals surface area (Å²) in [6, 6.07) is 7.65. The van der Waals surface area contributed by atoms with Crippen LogP contribution in [0.3, 0.4) is 0 Å². The number of likely N-dealkylation sites (tertiary alicyclic amines) is 1. The van der Waals surface area contributed by atoms with Crippen LogP contribution in [-0.2, 0) is 11.3 Å². The van der Waals surface area contributed by atoms with Gasteiger partial charge in [-0.05, 0) is 57.5 Å². The van der Waals surface area contributed by atoms with Crippen LogP contribution in [0.25, 0.3) is 0 Å². The number of hydrogen-bond donors (Lipinski definition) is 3. The largest absolute Gasteiger partial charge is 0.359 e. The Morgan fingerprint density at radius 1 is 1.19 bits per heavy atom. The summed E-state index contributed by atoms with van der Waals surface area (Å²) in [7, 11) is 5.66. The number of nitrogens with one attached hydrogen (secondary N) is 3. The second kappa shape index (κ2) is 15.0. The summed E-state index contributed by atoms with van der Waals surface area (Å²) in [6.07, 6.45) is 2.57. The molecule has 0 aliphatic carbocycles. The van der Waals surface area contributed by atoms with Gasteiger partial charge in [0, 0.05) is 51.8 Å². The van der Waals surface area contributed by atoms with Crippen LogP contribution < -0.4 is 16.0 Å². The van der Waals surface area contributed by atoms with Crippen molar-refractivity contribution in [3.05, 3.63) is 35.4 Å². The number of carbonyl (C=O) groups is 2. The molecule has 2 rings (SSSR count). The summed E-state index contributed by atoms with van der Waals surface area (Å²) in [5.74, 6) is 1.38. The number of halogens is 1. The van der Waals surface area contributed by atoms with Crippen LogP contribution in [-0.4, -0.2) is 81.4 Å². The van der Waals surface area contributed by atoms with E-state index in [0.717, 1.165) is 50.5 Å². The summed E-state index contributed by atoms with van der Waals surface area (Å²) in [6.45, 7) is 6.58. The monoisotopic (exact) mass is 558 g/mol. The lowest BCUT2D eigenvalue weighted by Gasteiger charge is -2.34. The average Bonchev–Trinajstić information content (AvgIpc) is 2.77. The molecule has 1 aliphatic heterocycles. The van der Waals surface area contributed by atoms with E-state index in [1.165, 1.54) is 0 Å².